The number of anilines is 1. The van der Waals surface area contributed by atoms with Gasteiger partial charge in [0, 0.05) is 25.1 Å². The summed E-state index contributed by atoms with van der Waals surface area (Å²) in [6, 6.07) is -0.766. The minimum absolute atomic E-state index is 0.134. The molecule has 1 unspecified atom stereocenters. The van der Waals surface area contributed by atoms with Crippen molar-refractivity contribution in [2.75, 3.05) is 23.0 Å². The second kappa shape index (κ2) is 4.84. The lowest BCUT2D eigenvalue weighted by Gasteiger charge is -2.31. The molecule has 0 radical (unpaired) electrons. The Hall–Kier alpha value is -1.77. The molecule has 0 aromatic carbocycles. The first kappa shape index (κ1) is 12.7. The monoisotopic (exact) mass is 272 g/mol. The molecule has 1 aliphatic heterocycles. The Balaban J connectivity index is 2.39. The molecule has 1 saturated heterocycles. The van der Waals surface area contributed by atoms with Crippen LogP contribution in [0.3, 0.4) is 0 Å². The van der Waals surface area contributed by atoms with Gasteiger partial charge in [-0.25, -0.2) is 4.79 Å². The number of carbonyl (C=O) groups is 1. The zero-order valence-electron chi connectivity index (χ0n) is 9.65. The summed E-state index contributed by atoms with van der Waals surface area (Å²) in [5.74, 6) is 0.290. The van der Waals surface area contributed by atoms with E-state index in [9.17, 15) is 14.9 Å². The van der Waals surface area contributed by atoms with Gasteiger partial charge in [0.05, 0.1) is 4.92 Å². The van der Waals surface area contributed by atoms with Crippen LogP contribution in [0.1, 0.15) is 0 Å². The number of thioether (sulfide) groups is 1. The molecule has 18 heavy (non-hydrogen) atoms. The van der Waals surface area contributed by atoms with Gasteiger partial charge in [0.1, 0.15) is 12.2 Å². The summed E-state index contributed by atoms with van der Waals surface area (Å²) >= 11 is 1.52. The number of nitrogens with zero attached hydrogens (tertiary/aromatic N) is 4. The van der Waals surface area contributed by atoms with E-state index < -0.39 is 16.9 Å². The summed E-state index contributed by atoms with van der Waals surface area (Å²) in [5.41, 5.74) is -0.157. The van der Waals surface area contributed by atoms with E-state index in [-0.39, 0.29) is 11.5 Å². The number of aromatic nitrogens is 2. The molecule has 1 atom stereocenters. The van der Waals surface area contributed by atoms with Gasteiger partial charge in [0.25, 0.3) is 0 Å². The molecule has 2 rings (SSSR count). The van der Waals surface area contributed by atoms with Crippen molar-refractivity contribution in [2.45, 2.75) is 6.04 Å². The molecule has 98 valence electrons. The van der Waals surface area contributed by atoms with Crippen LogP contribution in [0.2, 0.25) is 0 Å². The van der Waals surface area contributed by atoms with E-state index in [4.69, 9.17) is 5.11 Å². The van der Waals surface area contributed by atoms with Crippen molar-refractivity contribution in [1.29, 1.82) is 0 Å². The van der Waals surface area contributed by atoms with Crippen LogP contribution in [0, 0.1) is 10.1 Å². The molecule has 9 heteroatoms. The fourth-order valence-corrected chi connectivity index (χ4v) is 2.90. The zero-order chi connectivity index (χ0) is 13.3. The molecular formula is C9H12N4O4S. The Labute approximate surface area is 107 Å². The third-order valence-electron chi connectivity index (χ3n) is 2.67. The first-order valence-electron chi connectivity index (χ1n) is 5.26. The van der Waals surface area contributed by atoms with E-state index in [2.05, 4.69) is 5.10 Å². The van der Waals surface area contributed by atoms with Gasteiger partial charge in [-0.3, -0.25) is 14.8 Å². The van der Waals surface area contributed by atoms with Crippen molar-refractivity contribution in [1.82, 2.24) is 9.78 Å². The molecule has 2 heterocycles. The molecule has 1 aromatic rings. The van der Waals surface area contributed by atoms with E-state index in [0.717, 1.165) is 5.75 Å². The average Bonchev–Trinajstić information content (AvgIpc) is 2.71. The normalized spacial score (nSPS) is 19.8. The summed E-state index contributed by atoms with van der Waals surface area (Å²) in [7, 11) is 1.57. The maximum atomic E-state index is 11.2. The van der Waals surface area contributed by atoms with E-state index in [1.807, 2.05) is 0 Å². The summed E-state index contributed by atoms with van der Waals surface area (Å²) < 4.78 is 1.33. The molecule has 0 bridgehead atoms. The van der Waals surface area contributed by atoms with E-state index >= 15 is 0 Å². The maximum Gasteiger partial charge on any atom is 0.330 e. The fourth-order valence-electron chi connectivity index (χ4n) is 1.86. The van der Waals surface area contributed by atoms with E-state index in [1.165, 1.54) is 27.5 Å². The van der Waals surface area contributed by atoms with Crippen LogP contribution in [-0.2, 0) is 11.8 Å². The Morgan fingerprint density at radius 2 is 2.44 bits per heavy atom. The van der Waals surface area contributed by atoms with Gasteiger partial charge in [-0.2, -0.15) is 11.8 Å². The topological polar surface area (TPSA) is 102 Å². The number of aliphatic carboxylic acids is 1. The predicted octanol–water partition coefficient (Wildman–Crippen LogP) is 0.335. The largest absolute Gasteiger partial charge is 0.480 e. The van der Waals surface area contributed by atoms with Crippen LogP contribution < -0.4 is 4.90 Å². The number of hydrogen-bond donors (Lipinski definition) is 1. The van der Waals surface area contributed by atoms with Gasteiger partial charge in [-0.1, -0.05) is 0 Å². The van der Waals surface area contributed by atoms with Gasteiger partial charge < -0.3 is 10.0 Å². The van der Waals surface area contributed by atoms with Crippen molar-refractivity contribution in [3.8, 4) is 0 Å². The molecule has 1 aromatic heterocycles. The summed E-state index contributed by atoms with van der Waals surface area (Å²) in [6.07, 6.45) is 1.29. The number of carboxylic acids is 1. The van der Waals surface area contributed by atoms with Crippen LogP contribution in [0.4, 0.5) is 11.5 Å². The summed E-state index contributed by atoms with van der Waals surface area (Å²) in [4.78, 5) is 23.1. The zero-order valence-corrected chi connectivity index (χ0v) is 10.5. The third kappa shape index (κ3) is 2.26. The molecule has 0 saturated carbocycles. The highest BCUT2D eigenvalue weighted by Crippen LogP contribution is 2.30. The highest BCUT2D eigenvalue weighted by molar-refractivity contribution is 7.99. The minimum atomic E-state index is -0.984. The number of rotatable bonds is 3. The van der Waals surface area contributed by atoms with Gasteiger partial charge >= 0.3 is 11.7 Å². The SMILES string of the molecule is Cn1cc([N+](=O)[O-])c(N2CCSCC2C(=O)O)n1. The molecule has 1 N–H and O–H groups in total. The van der Waals surface area contributed by atoms with Crippen molar-refractivity contribution < 1.29 is 14.8 Å². The molecule has 1 fully saturated rings. The van der Waals surface area contributed by atoms with Crippen LogP contribution in [0.25, 0.3) is 0 Å². The Bertz CT molecular complexity index is 489. The Kier molecular flexibility index (Phi) is 3.41. The minimum Gasteiger partial charge on any atom is -0.480 e. The van der Waals surface area contributed by atoms with Crippen molar-refractivity contribution in [2.24, 2.45) is 7.05 Å². The quantitative estimate of drug-likeness (QED) is 0.625. The molecule has 0 spiro atoms. The Morgan fingerprint density at radius 1 is 1.72 bits per heavy atom. The number of aryl methyl sites for hydroxylation is 1. The number of hydrogen-bond acceptors (Lipinski definition) is 6. The Morgan fingerprint density at radius 3 is 3.06 bits per heavy atom. The third-order valence-corrected chi connectivity index (χ3v) is 3.70. The van der Waals surface area contributed by atoms with E-state index in [0.29, 0.717) is 12.3 Å². The highest BCUT2D eigenvalue weighted by Gasteiger charge is 2.35. The standard InChI is InChI=1S/C9H12N4O4S/c1-11-4-6(13(16)17)8(10-11)12-2-3-18-5-7(12)9(14)15/h4,7H,2-3,5H2,1H3,(H,14,15). The second-order valence-electron chi connectivity index (χ2n) is 3.89. The fraction of sp³-hybridized carbons (Fsp3) is 0.556. The van der Waals surface area contributed by atoms with Crippen molar-refractivity contribution in [3.63, 3.8) is 0 Å². The van der Waals surface area contributed by atoms with Crippen LogP contribution in [-0.4, -0.2) is 49.9 Å². The summed E-state index contributed by atoms with van der Waals surface area (Å²) in [6.45, 7) is 0.444. The van der Waals surface area contributed by atoms with Gasteiger partial charge in [0.15, 0.2) is 0 Å². The smallest absolute Gasteiger partial charge is 0.330 e. The molecular weight excluding hydrogens is 260 g/mol. The summed E-state index contributed by atoms with van der Waals surface area (Å²) in [5, 5.41) is 24.1. The number of carboxylic acid groups (broad SMARTS) is 1. The lowest BCUT2D eigenvalue weighted by atomic mass is 10.2. The highest BCUT2D eigenvalue weighted by atomic mass is 32.2. The van der Waals surface area contributed by atoms with Crippen LogP contribution >= 0.6 is 11.8 Å². The van der Waals surface area contributed by atoms with Crippen LogP contribution in [0.5, 0.6) is 0 Å². The van der Waals surface area contributed by atoms with Gasteiger partial charge in [-0.05, 0) is 0 Å². The maximum absolute atomic E-state index is 11.2. The molecule has 1 aliphatic rings. The molecule has 0 amide bonds. The molecule has 0 aliphatic carbocycles. The van der Waals surface area contributed by atoms with E-state index in [1.54, 1.807) is 7.05 Å². The number of nitro groups is 1. The lowest BCUT2D eigenvalue weighted by Crippen LogP contribution is -2.47. The second-order valence-corrected chi connectivity index (χ2v) is 5.04. The first-order valence-corrected chi connectivity index (χ1v) is 6.41. The lowest BCUT2D eigenvalue weighted by molar-refractivity contribution is -0.384. The predicted molar refractivity (Wildman–Crippen MR) is 66.0 cm³/mol. The van der Waals surface area contributed by atoms with Crippen molar-refractivity contribution >= 4 is 29.2 Å². The molecule has 8 nitrogen and oxygen atoms in total. The van der Waals surface area contributed by atoms with Crippen molar-refractivity contribution in [3.05, 3.63) is 16.3 Å². The average molecular weight is 272 g/mol. The van der Waals surface area contributed by atoms with Gasteiger partial charge in [-0.15, -0.1) is 5.10 Å². The van der Waals surface area contributed by atoms with Crippen LogP contribution in [0.15, 0.2) is 6.20 Å². The first-order chi connectivity index (χ1) is 8.50. The van der Waals surface area contributed by atoms with Gasteiger partial charge in [0.2, 0.25) is 5.82 Å².